The molecule has 3 rings (SSSR count). The number of aromatic nitrogens is 3. The van der Waals surface area contributed by atoms with Crippen molar-refractivity contribution in [1.29, 1.82) is 0 Å². The van der Waals surface area contributed by atoms with Crippen LogP contribution in [0.4, 0.5) is 0 Å². The topological polar surface area (TPSA) is 110 Å². The van der Waals surface area contributed by atoms with Gasteiger partial charge < -0.3 is 9.47 Å². The lowest BCUT2D eigenvalue weighted by Gasteiger charge is -2.12. The molecule has 31 heavy (non-hydrogen) atoms. The Labute approximate surface area is 184 Å². The number of carbonyl (C=O) groups excluding carboxylic acids is 2. The predicted octanol–water partition coefficient (Wildman–Crippen LogP) is 2.78. The Hall–Kier alpha value is -3.66. The molecule has 0 aliphatic heterocycles. The van der Waals surface area contributed by atoms with Crippen molar-refractivity contribution in [2.45, 2.75) is 20.4 Å². The maximum atomic E-state index is 12.4. The van der Waals surface area contributed by atoms with E-state index in [0.29, 0.717) is 34.3 Å². The summed E-state index contributed by atoms with van der Waals surface area (Å²) >= 11 is 5.25. The Kier molecular flexibility index (Phi) is 7.03. The number of ether oxygens (including phenoxy) is 2. The van der Waals surface area contributed by atoms with Crippen molar-refractivity contribution in [1.82, 2.24) is 25.6 Å². The van der Waals surface area contributed by atoms with Gasteiger partial charge in [0.2, 0.25) is 0 Å². The van der Waals surface area contributed by atoms with Gasteiger partial charge in [-0.1, -0.05) is 23.8 Å². The first-order valence-corrected chi connectivity index (χ1v) is 9.96. The van der Waals surface area contributed by atoms with Crippen LogP contribution in [-0.2, 0) is 11.3 Å². The van der Waals surface area contributed by atoms with Crippen LogP contribution in [0.2, 0.25) is 0 Å². The van der Waals surface area contributed by atoms with Crippen molar-refractivity contribution >= 4 is 24.0 Å². The molecule has 2 aromatic carbocycles. The second kappa shape index (κ2) is 9.90. The molecule has 0 saturated carbocycles. The summed E-state index contributed by atoms with van der Waals surface area (Å²) in [6, 6.07) is 12.4. The van der Waals surface area contributed by atoms with Crippen LogP contribution in [0.15, 0.2) is 42.5 Å². The summed E-state index contributed by atoms with van der Waals surface area (Å²) in [4.78, 5) is 24.8. The normalized spacial score (nSPS) is 10.4. The first-order valence-electron chi connectivity index (χ1n) is 9.55. The number of hydrogen-bond acceptors (Lipinski definition) is 6. The van der Waals surface area contributed by atoms with E-state index in [1.54, 1.807) is 16.7 Å². The van der Waals surface area contributed by atoms with Crippen molar-refractivity contribution in [3.8, 4) is 22.9 Å². The number of methoxy groups -OCH3 is 1. The Morgan fingerprint density at radius 1 is 1.16 bits per heavy atom. The van der Waals surface area contributed by atoms with Gasteiger partial charge in [0, 0.05) is 11.1 Å². The number of aromatic amines is 1. The van der Waals surface area contributed by atoms with Crippen molar-refractivity contribution in [3.05, 3.63) is 58.4 Å². The second-order valence-corrected chi connectivity index (χ2v) is 7.00. The third kappa shape index (κ3) is 5.28. The van der Waals surface area contributed by atoms with Gasteiger partial charge in [0.15, 0.2) is 22.1 Å². The number of amides is 2. The van der Waals surface area contributed by atoms with E-state index in [1.165, 1.54) is 13.2 Å². The summed E-state index contributed by atoms with van der Waals surface area (Å²) in [5.41, 5.74) is 6.97. The van der Waals surface area contributed by atoms with E-state index in [2.05, 4.69) is 21.0 Å². The van der Waals surface area contributed by atoms with Crippen LogP contribution in [0.3, 0.4) is 0 Å². The van der Waals surface area contributed by atoms with Crippen LogP contribution < -0.4 is 20.3 Å². The van der Waals surface area contributed by atoms with Crippen molar-refractivity contribution < 1.29 is 19.1 Å². The molecule has 0 atom stereocenters. The van der Waals surface area contributed by atoms with Gasteiger partial charge >= 0.3 is 0 Å². The second-order valence-electron chi connectivity index (χ2n) is 6.61. The standard InChI is InChI=1S/C21H23N5O4S/c1-4-30-16-9-8-15(11-17(16)29-3)20(28)24-22-18(27)12-26-19(23-25-21(26)31)14-7-5-6-13(2)10-14/h5-11H,4,12H2,1-3H3,(H,22,27)(H,24,28)(H,25,31). The SMILES string of the molecule is CCOc1ccc(C(=O)NNC(=O)Cn2c(-c3cccc(C)c3)n[nH]c2=S)cc1OC. The molecule has 3 aromatic rings. The summed E-state index contributed by atoms with van der Waals surface area (Å²) < 4.78 is 12.5. The summed E-state index contributed by atoms with van der Waals surface area (Å²) in [6.45, 7) is 4.17. The third-order valence-electron chi connectivity index (χ3n) is 4.38. The van der Waals surface area contributed by atoms with Gasteiger partial charge in [-0.3, -0.25) is 30.1 Å². The van der Waals surface area contributed by atoms with Gasteiger partial charge in [-0.05, 0) is 50.3 Å². The zero-order valence-electron chi connectivity index (χ0n) is 17.4. The summed E-state index contributed by atoms with van der Waals surface area (Å²) in [7, 11) is 1.49. The highest BCUT2D eigenvalue weighted by atomic mass is 32.1. The number of hydrogen-bond donors (Lipinski definition) is 3. The highest BCUT2D eigenvalue weighted by Crippen LogP contribution is 2.28. The van der Waals surface area contributed by atoms with Gasteiger partial charge in [0.1, 0.15) is 6.54 Å². The van der Waals surface area contributed by atoms with E-state index in [4.69, 9.17) is 21.7 Å². The smallest absolute Gasteiger partial charge is 0.269 e. The Bertz CT molecular complexity index is 1150. The van der Waals surface area contributed by atoms with Crippen LogP contribution in [0.1, 0.15) is 22.8 Å². The molecule has 0 aliphatic rings. The van der Waals surface area contributed by atoms with Crippen LogP contribution in [-0.4, -0.2) is 40.3 Å². The van der Waals surface area contributed by atoms with E-state index in [1.807, 2.05) is 38.1 Å². The number of aryl methyl sites for hydroxylation is 1. The molecule has 1 aromatic heterocycles. The van der Waals surface area contributed by atoms with Crippen LogP contribution >= 0.6 is 12.2 Å². The molecule has 0 fully saturated rings. The number of carbonyl (C=O) groups is 2. The first kappa shape index (κ1) is 22.0. The molecular weight excluding hydrogens is 418 g/mol. The van der Waals surface area contributed by atoms with Crippen LogP contribution in [0, 0.1) is 11.7 Å². The molecule has 0 aliphatic carbocycles. The summed E-state index contributed by atoms with van der Waals surface area (Å²) in [5, 5.41) is 6.92. The Morgan fingerprint density at radius 2 is 1.97 bits per heavy atom. The molecule has 2 amide bonds. The van der Waals surface area contributed by atoms with Gasteiger partial charge in [0.05, 0.1) is 13.7 Å². The maximum absolute atomic E-state index is 12.4. The van der Waals surface area contributed by atoms with Crippen molar-refractivity contribution in [2.75, 3.05) is 13.7 Å². The molecule has 1 heterocycles. The summed E-state index contributed by atoms with van der Waals surface area (Å²) in [5.74, 6) is 0.533. The number of hydrazine groups is 1. The first-order chi connectivity index (χ1) is 14.9. The lowest BCUT2D eigenvalue weighted by atomic mass is 10.1. The monoisotopic (exact) mass is 441 g/mol. The summed E-state index contributed by atoms with van der Waals surface area (Å²) in [6.07, 6.45) is 0. The molecule has 3 N–H and O–H groups in total. The van der Waals surface area contributed by atoms with Crippen LogP contribution in [0.25, 0.3) is 11.4 Å². The number of rotatable bonds is 7. The molecule has 0 radical (unpaired) electrons. The molecule has 0 bridgehead atoms. The minimum absolute atomic E-state index is 0.120. The maximum Gasteiger partial charge on any atom is 0.269 e. The molecular formula is C21H23N5O4S. The highest BCUT2D eigenvalue weighted by Gasteiger charge is 2.15. The third-order valence-corrected chi connectivity index (χ3v) is 4.69. The fourth-order valence-corrected chi connectivity index (χ4v) is 3.13. The minimum Gasteiger partial charge on any atom is -0.493 e. The van der Waals surface area contributed by atoms with E-state index in [-0.39, 0.29) is 6.54 Å². The molecule has 0 unspecified atom stereocenters. The van der Waals surface area contributed by atoms with Gasteiger partial charge in [-0.25, -0.2) is 0 Å². The lowest BCUT2D eigenvalue weighted by molar-refractivity contribution is -0.122. The number of nitrogens with one attached hydrogen (secondary N) is 3. The predicted molar refractivity (Wildman–Crippen MR) is 117 cm³/mol. The van der Waals surface area contributed by atoms with E-state index >= 15 is 0 Å². The van der Waals surface area contributed by atoms with Gasteiger partial charge in [-0.2, -0.15) is 5.10 Å². The number of H-pyrrole nitrogens is 1. The molecule has 10 heteroatoms. The van der Waals surface area contributed by atoms with Gasteiger partial charge in [0.25, 0.3) is 11.8 Å². The Morgan fingerprint density at radius 3 is 2.68 bits per heavy atom. The molecule has 162 valence electrons. The average molecular weight is 442 g/mol. The van der Waals surface area contributed by atoms with Gasteiger partial charge in [-0.15, -0.1) is 0 Å². The Balaban J connectivity index is 1.67. The van der Waals surface area contributed by atoms with E-state index < -0.39 is 11.8 Å². The largest absolute Gasteiger partial charge is 0.493 e. The zero-order chi connectivity index (χ0) is 22.4. The average Bonchev–Trinajstić information content (AvgIpc) is 3.12. The molecule has 9 nitrogen and oxygen atoms in total. The fraction of sp³-hybridized carbons (Fsp3) is 0.238. The quantitative estimate of drug-likeness (QED) is 0.384. The fourth-order valence-electron chi connectivity index (χ4n) is 2.93. The number of nitrogens with zero attached hydrogens (tertiary/aromatic N) is 2. The molecule has 0 spiro atoms. The lowest BCUT2D eigenvalue weighted by Crippen LogP contribution is -2.43. The van der Waals surface area contributed by atoms with Crippen molar-refractivity contribution in [3.63, 3.8) is 0 Å². The minimum atomic E-state index is -0.496. The molecule has 0 saturated heterocycles. The van der Waals surface area contributed by atoms with E-state index in [0.717, 1.165) is 11.1 Å². The van der Waals surface area contributed by atoms with E-state index in [9.17, 15) is 9.59 Å². The highest BCUT2D eigenvalue weighted by molar-refractivity contribution is 7.71. The van der Waals surface area contributed by atoms with Crippen molar-refractivity contribution in [2.24, 2.45) is 0 Å². The number of benzene rings is 2. The van der Waals surface area contributed by atoms with Crippen LogP contribution in [0.5, 0.6) is 11.5 Å². The zero-order valence-corrected chi connectivity index (χ0v) is 18.2.